The van der Waals surface area contributed by atoms with Crippen molar-refractivity contribution in [3.63, 3.8) is 0 Å². The molecule has 0 aliphatic heterocycles. The average molecular weight is 328 g/mol. The van der Waals surface area contributed by atoms with E-state index in [1.807, 2.05) is 24.3 Å². The summed E-state index contributed by atoms with van der Waals surface area (Å²) in [6.07, 6.45) is 14.7. The quantitative estimate of drug-likeness (QED) is 0.647. The number of aliphatic hydroxyl groups is 2. The maximum absolute atomic E-state index is 10.2. The molecule has 4 atom stereocenters. The second kappa shape index (κ2) is 10.5. The van der Waals surface area contributed by atoms with Crippen molar-refractivity contribution in [1.82, 2.24) is 0 Å². The van der Waals surface area contributed by atoms with Crippen LogP contribution in [0.2, 0.25) is 0 Å². The number of benzene rings is 1. The summed E-state index contributed by atoms with van der Waals surface area (Å²) in [5, 5.41) is 20.4. The van der Waals surface area contributed by atoms with E-state index in [1.54, 1.807) is 0 Å². The Morgan fingerprint density at radius 1 is 1.17 bits per heavy atom. The lowest BCUT2D eigenvalue weighted by atomic mass is 9.90. The first kappa shape index (κ1) is 19.0. The van der Waals surface area contributed by atoms with Crippen molar-refractivity contribution in [3.05, 3.63) is 60.2 Å². The van der Waals surface area contributed by atoms with Gasteiger partial charge >= 0.3 is 0 Å². The van der Waals surface area contributed by atoms with Gasteiger partial charge in [-0.3, -0.25) is 0 Å². The topological polar surface area (TPSA) is 40.5 Å². The maximum atomic E-state index is 10.2. The monoisotopic (exact) mass is 328 g/mol. The van der Waals surface area contributed by atoms with Crippen molar-refractivity contribution in [2.45, 2.75) is 64.1 Å². The Balaban J connectivity index is 1.81. The summed E-state index contributed by atoms with van der Waals surface area (Å²) >= 11 is 0. The third-order valence-electron chi connectivity index (χ3n) is 5.01. The van der Waals surface area contributed by atoms with Gasteiger partial charge in [-0.15, -0.1) is 0 Å². The zero-order chi connectivity index (χ0) is 17.2. The number of aliphatic hydroxyl groups excluding tert-OH is 2. The predicted octanol–water partition coefficient (Wildman–Crippen LogP) is 4.67. The Bertz CT molecular complexity index is 506. The van der Waals surface area contributed by atoms with Crippen LogP contribution in [0.1, 0.15) is 51.0 Å². The van der Waals surface area contributed by atoms with E-state index in [2.05, 4.69) is 37.3 Å². The van der Waals surface area contributed by atoms with Crippen LogP contribution in [0.5, 0.6) is 0 Å². The lowest BCUT2D eigenvalue weighted by Crippen LogP contribution is -2.17. The Hall–Kier alpha value is -1.38. The number of aryl methyl sites for hydroxylation is 1. The standard InChI is InChI=1S/C22H32O2/c1-2-3-4-8-11-19-13-17-22(24)21(19)16-15-20(23)14-12-18-9-6-5-7-10-18/h4-10,15-16,19-24H,2-3,11-14,17H2,1H3/b8-4+,16-15+/t19-,20-,21+,22+/m0/s1. The SMILES string of the molecule is CCC/C=C/C[C@H]1CC[C@@H](O)[C@@H]1/C=C/[C@@H](O)CCc1ccccc1. The molecule has 0 radical (unpaired) electrons. The summed E-state index contributed by atoms with van der Waals surface area (Å²) in [4.78, 5) is 0. The van der Waals surface area contributed by atoms with Gasteiger partial charge < -0.3 is 10.2 Å². The lowest BCUT2D eigenvalue weighted by Gasteiger charge is -2.18. The molecule has 2 rings (SSSR count). The zero-order valence-electron chi connectivity index (χ0n) is 14.8. The van der Waals surface area contributed by atoms with Crippen LogP contribution in [0.3, 0.4) is 0 Å². The lowest BCUT2D eigenvalue weighted by molar-refractivity contribution is 0.140. The highest BCUT2D eigenvalue weighted by Gasteiger charge is 2.32. The van der Waals surface area contributed by atoms with Crippen molar-refractivity contribution < 1.29 is 10.2 Å². The molecule has 1 aliphatic carbocycles. The van der Waals surface area contributed by atoms with E-state index in [9.17, 15) is 10.2 Å². The molecule has 1 aromatic carbocycles. The third-order valence-corrected chi connectivity index (χ3v) is 5.01. The zero-order valence-corrected chi connectivity index (χ0v) is 14.8. The van der Waals surface area contributed by atoms with Crippen molar-refractivity contribution in [1.29, 1.82) is 0 Å². The molecule has 24 heavy (non-hydrogen) atoms. The van der Waals surface area contributed by atoms with E-state index in [4.69, 9.17) is 0 Å². The molecule has 2 N–H and O–H groups in total. The van der Waals surface area contributed by atoms with E-state index in [0.29, 0.717) is 5.92 Å². The molecule has 2 nitrogen and oxygen atoms in total. The second-order valence-electron chi connectivity index (χ2n) is 6.95. The van der Waals surface area contributed by atoms with Crippen LogP contribution >= 0.6 is 0 Å². The smallest absolute Gasteiger partial charge is 0.0724 e. The van der Waals surface area contributed by atoms with Crippen LogP contribution in [-0.4, -0.2) is 22.4 Å². The highest BCUT2D eigenvalue weighted by molar-refractivity contribution is 5.15. The van der Waals surface area contributed by atoms with E-state index < -0.39 is 6.10 Å². The van der Waals surface area contributed by atoms with Crippen molar-refractivity contribution in [2.24, 2.45) is 11.8 Å². The minimum absolute atomic E-state index is 0.183. The van der Waals surface area contributed by atoms with Crippen molar-refractivity contribution in [2.75, 3.05) is 0 Å². The van der Waals surface area contributed by atoms with Gasteiger partial charge in [-0.25, -0.2) is 0 Å². The summed E-state index contributed by atoms with van der Waals surface area (Å²) in [6.45, 7) is 2.19. The first-order valence-corrected chi connectivity index (χ1v) is 9.44. The van der Waals surface area contributed by atoms with Gasteiger partial charge in [-0.05, 0) is 50.0 Å². The number of hydrogen-bond donors (Lipinski definition) is 2. The van der Waals surface area contributed by atoms with Crippen LogP contribution in [0.25, 0.3) is 0 Å². The molecule has 0 spiro atoms. The third kappa shape index (κ3) is 6.26. The first-order chi connectivity index (χ1) is 11.7. The molecular weight excluding hydrogens is 296 g/mol. The molecule has 0 heterocycles. The number of allylic oxidation sites excluding steroid dienone is 2. The second-order valence-corrected chi connectivity index (χ2v) is 6.95. The van der Waals surface area contributed by atoms with E-state index >= 15 is 0 Å². The van der Waals surface area contributed by atoms with E-state index in [1.165, 1.54) is 12.0 Å². The van der Waals surface area contributed by atoms with Gasteiger partial charge in [0.1, 0.15) is 0 Å². The molecule has 0 saturated heterocycles. The Morgan fingerprint density at radius 3 is 2.71 bits per heavy atom. The van der Waals surface area contributed by atoms with Gasteiger partial charge in [0.2, 0.25) is 0 Å². The molecule has 1 aliphatic rings. The van der Waals surface area contributed by atoms with Gasteiger partial charge in [0.15, 0.2) is 0 Å². The highest BCUT2D eigenvalue weighted by atomic mass is 16.3. The van der Waals surface area contributed by atoms with Crippen LogP contribution in [0.4, 0.5) is 0 Å². The van der Waals surface area contributed by atoms with Crippen LogP contribution in [0, 0.1) is 11.8 Å². The van der Waals surface area contributed by atoms with Crippen molar-refractivity contribution >= 4 is 0 Å². The Morgan fingerprint density at radius 2 is 1.96 bits per heavy atom. The molecule has 2 heteroatoms. The molecular formula is C22H32O2. The Labute approximate surface area is 146 Å². The minimum atomic E-state index is -0.436. The number of rotatable bonds is 9. The summed E-state index contributed by atoms with van der Waals surface area (Å²) in [6, 6.07) is 10.3. The normalized spacial score (nSPS) is 25.7. The molecule has 0 amide bonds. The number of unbranched alkanes of at least 4 members (excludes halogenated alkanes) is 1. The molecule has 0 bridgehead atoms. The van der Waals surface area contributed by atoms with Crippen molar-refractivity contribution in [3.8, 4) is 0 Å². The summed E-state index contributed by atoms with van der Waals surface area (Å²) < 4.78 is 0. The Kier molecular flexibility index (Phi) is 8.27. The van der Waals surface area contributed by atoms with Gasteiger partial charge in [0.05, 0.1) is 12.2 Å². The van der Waals surface area contributed by atoms with Gasteiger partial charge in [-0.1, -0.05) is 68.0 Å². The van der Waals surface area contributed by atoms with Crippen LogP contribution in [-0.2, 0) is 6.42 Å². The van der Waals surface area contributed by atoms with E-state index in [-0.39, 0.29) is 12.0 Å². The van der Waals surface area contributed by atoms with Gasteiger partial charge in [0, 0.05) is 5.92 Å². The maximum Gasteiger partial charge on any atom is 0.0724 e. The highest BCUT2D eigenvalue weighted by Crippen LogP contribution is 2.36. The van der Waals surface area contributed by atoms with Crippen LogP contribution < -0.4 is 0 Å². The first-order valence-electron chi connectivity index (χ1n) is 9.44. The van der Waals surface area contributed by atoms with Gasteiger partial charge in [0.25, 0.3) is 0 Å². The summed E-state index contributed by atoms with van der Waals surface area (Å²) in [5.74, 6) is 0.688. The summed E-state index contributed by atoms with van der Waals surface area (Å²) in [7, 11) is 0. The molecule has 1 saturated carbocycles. The van der Waals surface area contributed by atoms with Crippen LogP contribution in [0.15, 0.2) is 54.6 Å². The molecule has 1 fully saturated rings. The number of hydrogen-bond acceptors (Lipinski definition) is 2. The fourth-order valence-electron chi connectivity index (χ4n) is 3.51. The molecule has 0 aromatic heterocycles. The summed E-state index contributed by atoms with van der Waals surface area (Å²) in [5.41, 5.74) is 1.25. The minimum Gasteiger partial charge on any atom is -0.393 e. The van der Waals surface area contributed by atoms with Gasteiger partial charge in [-0.2, -0.15) is 0 Å². The molecule has 0 unspecified atom stereocenters. The van der Waals surface area contributed by atoms with E-state index in [0.717, 1.165) is 38.5 Å². The largest absolute Gasteiger partial charge is 0.393 e. The molecule has 1 aromatic rings. The fourth-order valence-corrected chi connectivity index (χ4v) is 3.51. The average Bonchev–Trinajstić information content (AvgIpc) is 2.96. The molecule has 132 valence electrons. The predicted molar refractivity (Wildman–Crippen MR) is 101 cm³/mol. The fraction of sp³-hybridized carbons (Fsp3) is 0.545.